The highest BCUT2D eigenvalue weighted by molar-refractivity contribution is 7.96. The fourth-order valence-corrected chi connectivity index (χ4v) is 4.97. The zero-order chi connectivity index (χ0) is 17.4. The van der Waals surface area contributed by atoms with Gasteiger partial charge in [-0.05, 0) is 56.3 Å². The van der Waals surface area contributed by atoms with E-state index in [9.17, 15) is 23.6 Å². The van der Waals surface area contributed by atoms with E-state index >= 15 is 0 Å². The number of esters is 2. The fraction of sp³-hybridized carbons (Fsp3) is 0.857. The van der Waals surface area contributed by atoms with Gasteiger partial charge < -0.3 is 14.7 Å². The van der Waals surface area contributed by atoms with Gasteiger partial charge in [0.2, 0.25) is 0 Å². The van der Waals surface area contributed by atoms with Gasteiger partial charge in [-0.15, -0.1) is 0 Å². The van der Waals surface area contributed by atoms with E-state index in [2.05, 4.69) is 14.1 Å². The minimum Gasteiger partial charge on any atom is -0.691 e. The van der Waals surface area contributed by atoms with E-state index < -0.39 is 41.4 Å². The van der Waals surface area contributed by atoms with Crippen molar-refractivity contribution in [3.63, 3.8) is 0 Å². The molecule has 24 heavy (non-hydrogen) atoms. The molecule has 7 nitrogen and oxygen atoms in total. The van der Waals surface area contributed by atoms with Crippen LogP contribution in [0, 0.1) is 17.8 Å². The maximum Gasteiger partial charge on any atom is 0.415 e. The van der Waals surface area contributed by atoms with Crippen LogP contribution < -0.4 is 5.26 Å². The monoisotopic (exact) mass is 367 g/mol. The first kappa shape index (κ1) is 17.8. The summed E-state index contributed by atoms with van der Waals surface area (Å²) in [6.45, 7) is -0.908. The Morgan fingerprint density at radius 1 is 1.12 bits per heavy atom. The summed E-state index contributed by atoms with van der Waals surface area (Å²) in [6.07, 6.45) is 5.86. The van der Waals surface area contributed by atoms with Crippen molar-refractivity contribution in [3.8, 4) is 0 Å². The van der Waals surface area contributed by atoms with Crippen LogP contribution in [0.25, 0.3) is 0 Å². The van der Waals surface area contributed by atoms with Crippen LogP contribution in [-0.4, -0.2) is 29.4 Å². The molecule has 0 spiro atoms. The van der Waals surface area contributed by atoms with Crippen molar-refractivity contribution in [1.29, 1.82) is 0 Å². The topological polar surface area (TPSA) is 94.1 Å². The van der Waals surface area contributed by atoms with Gasteiger partial charge in [0.05, 0.1) is 0 Å². The lowest BCUT2D eigenvalue weighted by Crippen LogP contribution is -2.53. The Hall–Kier alpha value is -0.970. The van der Waals surface area contributed by atoms with Gasteiger partial charge in [0.25, 0.3) is 0 Å². The molecule has 4 aliphatic carbocycles. The highest BCUT2D eigenvalue weighted by Gasteiger charge is 2.53. The second-order valence-electron chi connectivity index (χ2n) is 6.89. The summed E-state index contributed by atoms with van der Waals surface area (Å²) in [4.78, 5) is 23.1. The Bertz CT molecular complexity index is 478. The van der Waals surface area contributed by atoms with E-state index in [4.69, 9.17) is 4.74 Å². The third kappa shape index (κ3) is 3.81. The summed E-state index contributed by atoms with van der Waals surface area (Å²) in [5, 5.41) is 8.10. The predicted octanol–water partition coefficient (Wildman–Crippen LogP) is 1.51. The van der Waals surface area contributed by atoms with Gasteiger partial charge in [-0.1, -0.05) is 0 Å². The van der Waals surface area contributed by atoms with Gasteiger partial charge in [0, 0.05) is 0 Å². The van der Waals surface area contributed by atoms with Crippen LogP contribution in [0.1, 0.15) is 38.5 Å². The molecule has 0 unspecified atom stereocenters. The predicted molar refractivity (Wildman–Crippen MR) is 72.7 cm³/mol. The van der Waals surface area contributed by atoms with Gasteiger partial charge in [-0.25, -0.2) is 9.59 Å². The normalized spacial score (nSPS) is 34.2. The average Bonchev–Trinajstić information content (AvgIpc) is 2.48. The van der Waals surface area contributed by atoms with Crippen LogP contribution in [0.15, 0.2) is 0 Å². The number of carbonyl (C=O) groups is 2. The molecule has 4 aliphatic rings. The Kier molecular flexibility index (Phi) is 5.01. The summed E-state index contributed by atoms with van der Waals surface area (Å²) in [6, 6.07) is 0. The number of ether oxygens (including phenoxy) is 2. The molecule has 4 rings (SSSR count). The van der Waals surface area contributed by atoms with E-state index in [0.29, 0.717) is 17.8 Å². The molecule has 10 heteroatoms. The smallest absolute Gasteiger partial charge is 0.415 e. The van der Waals surface area contributed by atoms with Gasteiger partial charge >= 0.3 is 17.2 Å². The highest BCUT2D eigenvalue weighted by Crippen LogP contribution is 2.57. The van der Waals surface area contributed by atoms with Crippen molar-refractivity contribution < 1.29 is 42.5 Å². The number of carbonyl (C=O) groups excluding carboxylic acids is 2. The maximum atomic E-state index is 13.2. The zero-order valence-corrected chi connectivity index (χ0v) is 13.5. The second-order valence-corrected chi connectivity index (χ2v) is 7.70. The molecular weight excluding hydrogens is 350 g/mol. The van der Waals surface area contributed by atoms with Crippen LogP contribution in [0.4, 0.5) is 8.78 Å². The van der Waals surface area contributed by atoms with E-state index in [1.165, 1.54) is 0 Å². The maximum absolute atomic E-state index is 13.2. The molecular formula is C14H17F2O7S-. The lowest BCUT2D eigenvalue weighted by Gasteiger charge is -2.55. The minimum absolute atomic E-state index is 0.533. The number of hydrogen-bond acceptors (Lipinski definition) is 8. The fourth-order valence-electron chi connectivity index (χ4n) is 4.73. The Morgan fingerprint density at radius 2 is 1.67 bits per heavy atom. The zero-order valence-electron chi connectivity index (χ0n) is 12.7. The van der Waals surface area contributed by atoms with Crippen molar-refractivity contribution in [1.82, 2.24) is 0 Å². The highest BCUT2D eigenvalue weighted by atomic mass is 32.2. The van der Waals surface area contributed by atoms with Crippen LogP contribution >= 0.6 is 12.0 Å². The molecule has 0 aliphatic heterocycles. The molecule has 0 aromatic heterocycles. The van der Waals surface area contributed by atoms with Gasteiger partial charge in [-0.2, -0.15) is 13.1 Å². The molecule has 4 bridgehead atoms. The number of alkyl halides is 2. The summed E-state index contributed by atoms with van der Waals surface area (Å²) >= 11 is -0.801. The molecule has 0 heterocycles. The Balaban J connectivity index is 1.49. The molecule has 0 saturated heterocycles. The average molecular weight is 367 g/mol. The first-order chi connectivity index (χ1) is 11.3. The molecule has 0 radical (unpaired) electrons. The third-order valence-electron chi connectivity index (χ3n) is 5.04. The lowest BCUT2D eigenvalue weighted by molar-refractivity contribution is -0.777. The van der Waals surface area contributed by atoms with E-state index in [1.807, 2.05) is 0 Å². The van der Waals surface area contributed by atoms with Crippen molar-refractivity contribution in [3.05, 3.63) is 0 Å². The third-order valence-corrected chi connectivity index (χ3v) is 5.54. The van der Waals surface area contributed by atoms with Crippen molar-refractivity contribution >= 4 is 24.0 Å². The van der Waals surface area contributed by atoms with Crippen LogP contribution in [0.3, 0.4) is 0 Å². The minimum atomic E-state index is -4.16. The number of rotatable bonds is 7. The van der Waals surface area contributed by atoms with Crippen molar-refractivity contribution in [2.24, 2.45) is 17.8 Å². The number of halogens is 2. The molecule has 0 atom stereocenters. The van der Waals surface area contributed by atoms with E-state index in [1.54, 1.807) is 0 Å². The quantitative estimate of drug-likeness (QED) is 0.289. The van der Waals surface area contributed by atoms with Crippen molar-refractivity contribution in [2.45, 2.75) is 49.4 Å². The summed E-state index contributed by atoms with van der Waals surface area (Å²) in [7, 11) is 0. The van der Waals surface area contributed by atoms with E-state index in [-0.39, 0.29) is 0 Å². The standard InChI is InChI=1S/C14H18F2O7S/c15-14(16,24-23-22-19)12(18)20-7-11(17)21-13-4-8-1-9(5-13)3-10(2-8)6-13/h8-10,19H,1-7H2/p-1. The van der Waals surface area contributed by atoms with Gasteiger partial charge in [-0.3, -0.25) is 5.04 Å². The van der Waals surface area contributed by atoms with E-state index in [0.717, 1.165) is 38.5 Å². The van der Waals surface area contributed by atoms with Gasteiger partial charge in [0.15, 0.2) is 6.61 Å². The molecule has 0 aromatic rings. The largest absolute Gasteiger partial charge is 0.691 e. The summed E-state index contributed by atoms with van der Waals surface area (Å²) in [5.74, 6) is -1.19. The molecule has 0 amide bonds. The Labute approximate surface area is 141 Å². The molecule has 0 N–H and O–H groups in total. The summed E-state index contributed by atoms with van der Waals surface area (Å²) < 4.78 is 39.5. The second kappa shape index (κ2) is 6.74. The Morgan fingerprint density at radius 3 is 2.17 bits per heavy atom. The van der Waals surface area contributed by atoms with Crippen LogP contribution in [0.5, 0.6) is 0 Å². The molecule has 4 fully saturated rings. The molecule has 0 aromatic carbocycles. The van der Waals surface area contributed by atoms with Crippen LogP contribution in [0.2, 0.25) is 0 Å². The summed E-state index contributed by atoms with van der Waals surface area (Å²) in [5.41, 5.74) is -0.533. The lowest BCUT2D eigenvalue weighted by atomic mass is 9.54. The van der Waals surface area contributed by atoms with Crippen molar-refractivity contribution in [2.75, 3.05) is 6.61 Å². The SMILES string of the molecule is O=C(COC(=O)C(F)(F)SOO[O-])OC12CC3CC(CC(C3)C1)C2. The molecule has 4 saturated carbocycles. The molecule has 136 valence electrons. The first-order valence-electron chi connectivity index (χ1n) is 7.73. The number of hydrogen-bond donors (Lipinski definition) is 0. The first-order valence-corrected chi connectivity index (χ1v) is 8.47. The van der Waals surface area contributed by atoms with Crippen LogP contribution in [-0.2, 0) is 28.4 Å². The van der Waals surface area contributed by atoms with Gasteiger partial charge in [0.1, 0.15) is 17.6 Å².